The normalized spacial score (nSPS) is 19.2. The number of hydrogen-bond acceptors (Lipinski definition) is 5. The molecule has 0 saturated heterocycles. The Balaban J connectivity index is 1.75. The second-order valence-electron chi connectivity index (χ2n) is 6.79. The first-order chi connectivity index (χ1) is 11.8. The molecule has 25 heavy (non-hydrogen) atoms. The molecule has 1 aromatic carbocycles. The molecule has 0 saturated carbocycles. The van der Waals surface area contributed by atoms with E-state index >= 15 is 0 Å². The van der Waals surface area contributed by atoms with Gasteiger partial charge in [-0.05, 0) is 50.8 Å². The van der Waals surface area contributed by atoms with E-state index in [1.807, 2.05) is 27.7 Å². The standard InChI is InChI=1S/C18H24N4O3/c1-11-12(2)16-14(13(3)15(11)23)5-6-18(4,25-16)17(24)19-7-9-22-10-8-20-21-22/h8,10,23H,5-7,9H2,1-4H3,(H,19,24). The second kappa shape index (κ2) is 6.38. The van der Waals surface area contributed by atoms with Crippen molar-refractivity contribution < 1.29 is 14.6 Å². The van der Waals surface area contributed by atoms with Gasteiger partial charge in [0.1, 0.15) is 11.5 Å². The third-order valence-corrected chi connectivity index (χ3v) is 5.10. The van der Waals surface area contributed by atoms with Crippen LogP contribution in [0, 0.1) is 20.8 Å². The molecular formula is C18H24N4O3. The van der Waals surface area contributed by atoms with Crippen LogP contribution in [0.25, 0.3) is 0 Å². The zero-order chi connectivity index (χ0) is 18.2. The zero-order valence-corrected chi connectivity index (χ0v) is 15.1. The summed E-state index contributed by atoms with van der Waals surface area (Å²) in [5, 5.41) is 20.8. The second-order valence-corrected chi connectivity index (χ2v) is 6.79. The van der Waals surface area contributed by atoms with Crippen molar-refractivity contribution in [1.29, 1.82) is 0 Å². The first-order valence-corrected chi connectivity index (χ1v) is 8.46. The van der Waals surface area contributed by atoms with E-state index in [0.29, 0.717) is 31.7 Å². The van der Waals surface area contributed by atoms with E-state index < -0.39 is 5.60 Å². The molecule has 2 N–H and O–H groups in total. The maximum atomic E-state index is 12.7. The molecule has 1 aliphatic rings. The zero-order valence-electron chi connectivity index (χ0n) is 15.1. The highest BCUT2D eigenvalue weighted by atomic mass is 16.5. The van der Waals surface area contributed by atoms with Gasteiger partial charge in [0.15, 0.2) is 5.60 Å². The van der Waals surface area contributed by atoms with E-state index in [0.717, 1.165) is 28.0 Å². The minimum Gasteiger partial charge on any atom is -0.507 e. The smallest absolute Gasteiger partial charge is 0.263 e. The molecule has 1 unspecified atom stereocenters. The highest BCUT2D eigenvalue weighted by molar-refractivity contribution is 5.85. The molecule has 3 rings (SSSR count). The summed E-state index contributed by atoms with van der Waals surface area (Å²) in [4.78, 5) is 12.7. The molecule has 0 bridgehead atoms. The van der Waals surface area contributed by atoms with Gasteiger partial charge in [-0.15, -0.1) is 5.10 Å². The number of carbonyl (C=O) groups excluding carboxylic acids is 1. The number of aromatic hydroxyl groups is 1. The third-order valence-electron chi connectivity index (χ3n) is 5.10. The van der Waals surface area contributed by atoms with Crippen molar-refractivity contribution in [2.75, 3.05) is 6.54 Å². The van der Waals surface area contributed by atoms with E-state index in [2.05, 4.69) is 15.6 Å². The van der Waals surface area contributed by atoms with Crippen LogP contribution >= 0.6 is 0 Å². The van der Waals surface area contributed by atoms with Crippen LogP contribution in [0.5, 0.6) is 11.5 Å². The van der Waals surface area contributed by atoms with Crippen LogP contribution in [0.4, 0.5) is 0 Å². The van der Waals surface area contributed by atoms with Gasteiger partial charge in [-0.25, -0.2) is 0 Å². The molecule has 2 heterocycles. The number of phenols is 1. The minimum atomic E-state index is -0.921. The lowest BCUT2D eigenvalue weighted by Gasteiger charge is -2.36. The van der Waals surface area contributed by atoms with Gasteiger partial charge < -0.3 is 15.2 Å². The van der Waals surface area contributed by atoms with E-state index in [1.165, 1.54) is 0 Å². The lowest BCUT2D eigenvalue weighted by Crippen LogP contribution is -2.51. The fraction of sp³-hybridized carbons (Fsp3) is 0.500. The van der Waals surface area contributed by atoms with Gasteiger partial charge in [0.25, 0.3) is 5.91 Å². The number of aromatic nitrogens is 3. The molecule has 2 aromatic rings. The Labute approximate surface area is 147 Å². The van der Waals surface area contributed by atoms with Crippen molar-refractivity contribution in [3.63, 3.8) is 0 Å². The summed E-state index contributed by atoms with van der Waals surface area (Å²) in [7, 11) is 0. The summed E-state index contributed by atoms with van der Waals surface area (Å²) in [6.07, 6.45) is 4.62. The summed E-state index contributed by atoms with van der Waals surface area (Å²) in [6.45, 7) is 8.51. The number of benzene rings is 1. The van der Waals surface area contributed by atoms with Crippen molar-refractivity contribution in [2.24, 2.45) is 0 Å². The van der Waals surface area contributed by atoms with Crippen LogP contribution in [-0.2, 0) is 17.8 Å². The molecule has 0 fully saturated rings. The Morgan fingerprint density at radius 1 is 1.36 bits per heavy atom. The maximum Gasteiger partial charge on any atom is 0.263 e. The van der Waals surface area contributed by atoms with Crippen LogP contribution in [0.3, 0.4) is 0 Å². The predicted octanol–water partition coefficient (Wildman–Crippen LogP) is 1.81. The Kier molecular flexibility index (Phi) is 4.41. The lowest BCUT2D eigenvalue weighted by molar-refractivity contribution is -0.136. The monoisotopic (exact) mass is 344 g/mol. The molecule has 7 heteroatoms. The van der Waals surface area contributed by atoms with Crippen molar-refractivity contribution in [2.45, 2.75) is 52.7 Å². The summed E-state index contributed by atoms with van der Waals surface area (Å²) in [5.41, 5.74) is 2.60. The average molecular weight is 344 g/mol. The van der Waals surface area contributed by atoms with Gasteiger partial charge in [0.05, 0.1) is 12.7 Å². The van der Waals surface area contributed by atoms with E-state index in [9.17, 15) is 9.90 Å². The first-order valence-electron chi connectivity index (χ1n) is 8.46. The number of hydrogen-bond donors (Lipinski definition) is 2. The van der Waals surface area contributed by atoms with Gasteiger partial charge in [0.2, 0.25) is 0 Å². The fourth-order valence-corrected chi connectivity index (χ4v) is 3.23. The molecule has 7 nitrogen and oxygen atoms in total. The van der Waals surface area contributed by atoms with Gasteiger partial charge in [-0.3, -0.25) is 9.48 Å². The molecule has 0 spiro atoms. The molecule has 0 radical (unpaired) electrons. The largest absolute Gasteiger partial charge is 0.507 e. The quantitative estimate of drug-likeness (QED) is 0.883. The Morgan fingerprint density at radius 2 is 2.12 bits per heavy atom. The van der Waals surface area contributed by atoms with Crippen LogP contribution in [0.15, 0.2) is 12.4 Å². The van der Waals surface area contributed by atoms with Gasteiger partial charge in [0, 0.05) is 24.7 Å². The number of fused-ring (bicyclic) bond motifs is 1. The van der Waals surface area contributed by atoms with Gasteiger partial charge in [-0.1, -0.05) is 5.21 Å². The van der Waals surface area contributed by atoms with E-state index in [4.69, 9.17) is 4.74 Å². The summed E-state index contributed by atoms with van der Waals surface area (Å²) in [6, 6.07) is 0. The van der Waals surface area contributed by atoms with Crippen molar-refractivity contribution in [1.82, 2.24) is 20.3 Å². The molecule has 0 aliphatic carbocycles. The average Bonchev–Trinajstić information content (AvgIpc) is 3.11. The molecule has 1 aliphatic heterocycles. The molecule has 1 atom stereocenters. The summed E-state index contributed by atoms with van der Waals surface area (Å²) >= 11 is 0. The number of phenolic OH excluding ortho intramolecular Hbond substituents is 1. The SMILES string of the molecule is Cc1c(C)c2c(c(C)c1O)CCC(C)(C(=O)NCCn1ccnn1)O2. The van der Waals surface area contributed by atoms with Gasteiger partial charge >= 0.3 is 0 Å². The maximum absolute atomic E-state index is 12.7. The van der Waals surface area contributed by atoms with Crippen LogP contribution in [0.1, 0.15) is 35.6 Å². The van der Waals surface area contributed by atoms with Crippen LogP contribution in [0.2, 0.25) is 0 Å². The minimum absolute atomic E-state index is 0.138. The van der Waals surface area contributed by atoms with E-state index in [-0.39, 0.29) is 5.91 Å². The molecule has 1 amide bonds. The molecule has 1 aromatic heterocycles. The van der Waals surface area contributed by atoms with Crippen LogP contribution in [-0.4, -0.2) is 38.2 Å². The molecular weight excluding hydrogens is 320 g/mol. The number of nitrogens with one attached hydrogen (secondary N) is 1. The molecule has 134 valence electrons. The summed E-state index contributed by atoms with van der Waals surface area (Å²) < 4.78 is 7.82. The third kappa shape index (κ3) is 3.06. The Bertz CT molecular complexity index is 801. The predicted molar refractivity (Wildman–Crippen MR) is 92.7 cm³/mol. The van der Waals surface area contributed by atoms with Crippen molar-refractivity contribution in [3.05, 3.63) is 34.6 Å². The number of rotatable bonds is 4. The Morgan fingerprint density at radius 3 is 2.80 bits per heavy atom. The fourth-order valence-electron chi connectivity index (χ4n) is 3.23. The van der Waals surface area contributed by atoms with Crippen molar-refractivity contribution >= 4 is 5.91 Å². The topological polar surface area (TPSA) is 89.3 Å². The lowest BCUT2D eigenvalue weighted by atomic mass is 9.86. The highest BCUT2D eigenvalue weighted by Crippen LogP contribution is 2.43. The van der Waals surface area contributed by atoms with Crippen LogP contribution < -0.4 is 10.1 Å². The van der Waals surface area contributed by atoms with E-state index in [1.54, 1.807) is 17.1 Å². The van der Waals surface area contributed by atoms with Crippen molar-refractivity contribution in [3.8, 4) is 11.5 Å². The highest BCUT2D eigenvalue weighted by Gasteiger charge is 2.40. The number of ether oxygens (including phenoxy) is 1. The number of nitrogens with zero attached hydrogens (tertiary/aromatic N) is 3. The summed E-state index contributed by atoms with van der Waals surface area (Å²) in [5.74, 6) is 0.912. The first kappa shape index (κ1) is 17.3. The Hall–Kier alpha value is -2.57. The number of amides is 1. The number of carbonyl (C=O) groups is 1. The van der Waals surface area contributed by atoms with Gasteiger partial charge in [-0.2, -0.15) is 0 Å².